The Balaban J connectivity index is 2.80. The number of hydrogen-bond acceptors (Lipinski definition) is 2. The second-order valence-corrected chi connectivity index (χ2v) is 4.32. The van der Waals surface area contributed by atoms with Crippen LogP contribution in [0.2, 0.25) is 5.02 Å². The first-order valence-corrected chi connectivity index (χ1v) is 5.31. The summed E-state index contributed by atoms with van der Waals surface area (Å²) in [7, 11) is 0. The van der Waals surface area contributed by atoms with Crippen molar-refractivity contribution in [2.75, 3.05) is 5.32 Å². The molecule has 0 aliphatic heterocycles. The van der Waals surface area contributed by atoms with E-state index in [9.17, 15) is 9.18 Å². The minimum Gasteiger partial charge on any atom is -0.322 e. The van der Waals surface area contributed by atoms with Crippen molar-refractivity contribution in [3.05, 3.63) is 29.0 Å². The van der Waals surface area contributed by atoms with Crippen molar-refractivity contribution in [2.24, 2.45) is 11.7 Å². The number of carbonyl (C=O) groups excluding carboxylic acids is 1. The third-order valence-corrected chi connectivity index (χ3v) is 2.44. The fourth-order valence-corrected chi connectivity index (χ4v) is 1.28. The van der Waals surface area contributed by atoms with E-state index in [0.717, 1.165) is 0 Å². The molecule has 5 heteroatoms. The summed E-state index contributed by atoms with van der Waals surface area (Å²) in [5, 5.41) is 2.77. The lowest BCUT2D eigenvalue weighted by atomic mass is 10.0. The predicted molar refractivity (Wildman–Crippen MR) is 62.9 cm³/mol. The first-order valence-electron chi connectivity index (χ1n) is 4.93. The highest BCUT2D eigenvalue weighted by atomic mass is 35.5. The monoisotopic (exact) mass is 244 g/mol. The van der Waals surface area contributed by atoms with Crippen LogP contribution >= 0.6 is 11.6 Å². The Labute approximate surface area is 98.8 Å². The Morgan fingerprint density at radius 3 is 2.69 bits per heavy atom. The standard InChI is InChI=1S/C11H14ClFN2O/c1-6(2)10(14)11(16)15-9-5-7(12)3-4-8(9)13/h3-6,10H,14H2,1-2H3,(H,15,16)/t10-/m1/s1. The summed E-state index contributed by atoms with van der Waals surface area (Å²) in [6, 6.07) is 3.29. The van der Waals surface area contributed by atoms with E-state index in [4.69, 9.17) is 17.3 Å². The first-order chi connectivity index (χ1) is 7.41. The van der Waals surface area contributed by atoms with Gasteiger partial charge in [0.15, 0.2) is 0 Å². The quantitative estimate of drug-likeness (QED) is 0.858. The summed E-state index contributed by atoms with van der Waals surface area (Å²) < 4.78 is 13.3. The van der Waals surface area contributed by atoms with Crippen LogP contribution in [0.15, 0.2) is 18.2 Å². The molecule has 0 heterocycles. The number of halogens is 2. The van der Waals surface area contributed by atoms with E-state index in [2.05, 4.69) is 5.32 Å². The Kier molecular flexibility index (Phi) is 4.26. The van der Waals surface area contributed by atoms with E-state index in [-0.39, 0.29) is 11.6 Å². The van der Waals surface area contributed by atoms with Crippen LogP contribution in [-0.4, -0.2) is 11.9 Å². The van der Waals surface area contributed by atoms with Gasteiger partial charge in [-0.05, 0) is 24.1 Å². The molecule has 1 atom stereocenters. The van der Waals surface area contributed by atoms with Crippen molar-refractivity contribution in [1.29, 1.82) is 0 Å². The average Bonchev–Trinajstić information content (AvgIpc) is 2.22. The van der Waals surface area contributed by atoms with Gasteiger partial charge in [-0.25, -0.2) is 4.39 Å². The molecule has 88 valence electrons. The van der Waals surface area contributed by atoms with Gasteiger partial charge in [0, 0.05) is 5.02 Å². The van der Waals surface area contributed by atoms with Gasteiger partial charge < -0.3 is 11.1 Å². The van der Waals surface area contributed by atoms with Gasteiger partial charge in [-0.15, -0.1) is 0 Å². The second kappa shape index (κ2) is 5.27. The van der Waals surface area contributed by atoms with Crippen LogP contribution in [-0.2, 0) is 4.79 Å². The molecule has 0 radical (unpaired) electrons. The average molecular weight is 245 g/mol. The molecule has 0 saturated heterocycles. The number of hydrogen-bond donors (Lipinski definition) is 2. The number of anilines is 1. The number of rotatable bonds is 3. The van der Waals surface area contributed by atoms with Gasteiger partial charge in [-0.1, -0.05) is 25.4 Å². The fraction of sp³-hybridized carbons (Fsp3) is 0.364. The van der Waals surface area contributed by atoms with Gasteiger partial charge in [0.25, 0.3) is 0 Å². The molecular weight excluding hydrogens is 231 g/mol. The third-order valence-electron chi connectivity index (χ3n) is 2.21. The van der Waals surface area contributed by atoms with Crippen molar-refractivity contribution >= 4 is 23.2 Å². The molecule has 0 aliphatic carbocycles. The Hall–Kier alpha value is -1.13. The fourth-order valence-electron chi connectivity index (χ4n) is 1.11. The summed E-state index contributed by atoms with van der Waals surface area (Å²) >= 11 is 5.69. The van der Waals surface area contributed by atoms with Gasteiger partial charge in [-0.3, -0.25) is 4.79 Å². The van der Waals surface area contributed by atoms with Gasteiger partial charge in [0.05, 0.1) is 11.7 Å². The Morgan fingerprint density at radius 2 is 2.12 bits per heavy atom. The highest BCUT2D eigenvalue weighted by Crippen LogP contribution is 2.19. The van der Waals surface area contributed by atoms with E-state index in [1.165, 1.54) is 18.2 Å². The van der Waals surface area contributed by atoms with Crippen LogP contribution in [0.1, 0.15) is 13.8 Å². The number of benzene rings is 1. The lowest BCUT2D eigenvalue weighted by molar-refractivity contribution is -0.118. The van der Waals surface area contributed by atoms with Crippen molar-refractivity contribution in [3.63, 3.8) is 0 Å². The summed E-state index contributed by atoms with van der Waals surface area (Å²) in [6.45, 7) is 3.64. The molecule has 0 fully saturated rings. The Morgan fingerprint density at radius 1 is 1.50 bits per heavy atom. The molecule has 16 heavy (non-hydrogen) atoms. The zero-order valence-corrected chi connectivity index (χ0v) is 9.88. The maximum Gasteiger partial charge on any atom is 0.241 e. The van der Waals surface area contributed by atoms with Crippen LogP contribution in [0.25, 0.3) is 0 Å². The zero-order valence-electron chi connectivity index (χ0n) is 9.13. The molecule has 0 saturated carbocycles. The van der Waals surface area contributed by atoms with Gasteiger partial charge in [0.2, 0.25) is 5.91 Å². The van der Waals surface area contributed by atoms with E-state index in [0.29, 0.717) is 5.02 Å². The number of carbonyl (C=O) groups is 1. The van der Waals surface area contributed by atoms with Crippen LogP contribution in [0.4, 0.5) is 10.1 Å². The van der Waals surface area contributed by atoms with E-state index >= 15 is 0 Å². The molecular formula is C11H14ClFN2O. The molecule has 1 rings (SSSR count). The highest BCUT2D eigenvalue weighted by molar-refractivity contribution is 6.30. The minimum atomic E-state index is -0.668. The molecule has 1 aromatic rings. The summed E-state index contributed by atoms with van der Waals surface area (Å²) in [5.41, 5.74) is 5.68. The summed E-state index contributed by atoms with van der Waals surface area (Å²) in [4.78, 5) is 11.6. The minimum absolute atomic E-state index is 0.0118. The maximum atomic E-state index is 13.3. The third kappa shape index (κ3) is 3.18. The van der Waals surface area contributed by atoms with E-state index in [1.807, 2.05) is 13.8 Å². The van der Waals surface area contributed by atoms with E-state index < -0.39 is 17.8 Å². The SMILES string of the molecule is CC(C)[C@@H](N)C(=O)Nc1cc(Cl)ccc1F. The number of nitrogens with two attached hydrogens (primary N) is 1. The van der Waals surface area contributed by atoms with Crippen LogP contribution < -0.4 is 11.1 Å². The molecule has 0 spiro atoms. The molecule has 0 aromatic heterocycles. The van der Waals surface area contributed by atoms with Crippen LogP contribution in [0, 0.1) is 11.7 Å². The molecule has 3 nitrogen and oxygen atoms in total. The van der Waals surface area contributed by atoms with Crippen molar-refractivity contribution < 1.29 is 9.18 Å². The summed E-state index contributed by atoms with van der Waals surface area (Å²) in [6.07, 6.45) is 0. The maximum absolute atomic E-state index is 13.3. The van der Waals surface area contributed by atoms with Crippen LogP contribution in [0.5, 0.6) is 0 Å². The largest absolute Gasteiger partial charge is 0.322 e. The first kappa shape index (κ1) is 12.9. The molecule has 0 unspecified atom stereocenters. The molecule has 0 bridgehead atoms. The van der Waals surface area contributed by atoms with Gasteiger partial charge >= 0.3 is 0 Å². The van der Waals surface area contributed by atoms with E-state index in [1.54, 1.807) is 0 Å². The topological polar surface area (TPSA) is 55.1 Å². The number of nitrogens with one attached hydrogen (secondary N) is 1. The number of amides is 1. The predicted octanol–water partition coefficient (Wildman–Crippen LogP) is 2.40. The van der Waals surface area contributed by atoms with Crippen LogP contribution in [0.3, 0.4) is 0 Å². The second-order valence-electron chi connectivity index (χ2n) is 3.88. The smallest absolute Gasteiger partial charge is 0.241 e. The molecule has 1 amide bonds. The van der Waals surface area contributed by atoms with Crippen molar-refractivity contribution in [2.45, 2.75) is 19.9 Å². The summed E-state index contributed by atoms with van der Waals surface area (Å²) in [5.74, 6) is -0.966. The molecule has 3 N–H and O–H groups in total. The molecule has 0 aliphatic rings. The lowest BCUT2D eigenvalue weighted by Crippen LogP contribution is -2.39. The van der Waals surface area contributed by atoms with Gasteiger partial charge in [-0.2, -0.15) is 0 Å². The Bertz CT molecular complexity index is 396. The molecule has 1 aromatic carbocycles. The van der Waals surface area contributed by atoms with Crippen molar-refractivity contribution in [1.82, 2.24) is 0 Å². The van der Waals surface area contributed by atoms with Gasteiger partial charge in [0.1, 0.15) is 5.82 Å². The normalized spacial score (nSPS) is 12.6. The highest BCUT2D eigenvalue weighted by Gasteiger charge is 2.18. The lowest BCUT2D eigenvalue weighted by Gasteiger charge is -2.15. The van der Waals surface area contributed by atoms with Crippen molar-refractivity contribution in [3.8, 4) is 0 Å². The zero-order chi connectivity index (χ0) is 12.3.